The Morgan fingerprint density at radius 1 is 0.971 bits per heavy atom. The molecule has 0 spiro atoms. The average Bonchev–Trinajstić information content (AvgIpc) is 3.24. The molecule has 0 radical (unpaired) electrons. The van der Waals surface area contributed by atoms with Crippen LogP contribution in [0, 0.1) is 12.7 Å². The molecular weight excluding hydrogens is 441 g/mol. The van der Waals surface area contributed by atoms with Crippen molar-refractivity contribution >= 4 is 23.6 Å². The van der Waals surface area contributed by atoms with Gasteiger partial charge in [0.15, 0.2) is 0 Å². The van der Waals surface area contributed by atoms with Crippen molar-refractivity contribution < 1.29 is 9.18 Å². The zero-order chi connectivity index (χ0) is 24.2. The molecule has 0 atom stereocenters. The van der Waals surface area contributed by atoms with Gasteiger partial charge in [0, 0.05) is 30.2 Å². The number of aryl methyl sites for hydroxylation is 1. The fourth-order valence-electron chi connectivity index (χ4n) is 3.99. The number of imidazole rings is 1. The monoisotopic (exact) mass is 467 g/mol. The second-order valence-electron chi connectivity index (χ2n) is 8.50. The van der Waals surface area contributed by atoms with Crippen molar-refractivity contribution in [2.45, 2.75) is 20.0 Å². The molecule has 1 aliphatic rings. The van der Waals surface area contributed by atoms with Crippen molar-refractivity contribution in [1.82, 2.24) is 19.8 Å². The number of benzene rings is 3. The molecule has 0 fully saturated rings. The van der Waals surface area contributed by atoms with E-state index in [1.165, 1.54) is 17.7 Å². The van der Waals surface area contributed by atoms with Gasteiger partial charge in [0.25, 0.3) is 0 Å². The topological polar surface area (TPSA) is 62.2 Å². The zero-order valence-corrected chi connectivity index (χ0v) is 19.4. The van der Waals surface area contributed by atoms with Crippen LogP contribution in [0.2, 0.25) is 0 Å². The maximum absolute atomic E-state index is 13.6. The first kappa shape index (κ1) is 22.6. The van der Waals surface area contributed by atoms with Crippen molar-refractivity contribution in [3.05, 3.63) is 108 Å². The number of halogens is 1. The molecule has 1 aromatic heterocycles. The average molecular weight is 468 g/mol. The molecule has 2 heterocycles. The quantitative estimate of drug-likeness (QED) is 0.387. The SMILES string of the molecule is Cc1ccc(Nc2c(-c3ccc(F)cc3)nc3n2C=CN(C(=O)CNCc2ccccc2)C3)cc1. The van der Waals surface area contributed by atoms with Gasteiger partial charge in [0.05, 0.1) is 13.1 Å². The lowest BCUT2D eigenvalue weighted by Crippen LogP contribution is -2.36. The van der Waals surface area contributed by atoms with Gasteiger partial charge in [-0.2, -0.15) is 0 Å². The summed E-state index contributed by atoms with van der Waals surface area (Å²) >= 11 is 0. The first-order valence-corrected chi connectivity index (χ1v) is 11.5. The molecule has 1 amide bonds. The molecule has 1 aliphatic heterocycles. The first-order valence-electron chi connectivity index (χ1n) is 11.5. The van der Waals surface area contributed by atoms with Gasteiger partial charge in [-0.25, -0.2) is 9.37 Å². The lowest BCUT2D eigenvalue weighted by molar-refractivity contribution is -0.128. The highest BCUT2D eigenvalue weighted by Gasteiger charge is 2.24. The molecule has 0 aliphatic carbocycles. The van der Waals surface area contributed by atoms with E-state index in [1.54, 1.807) is 23.2 Å². The van der Waals surface area contributed by atoms with E-state index in [1.807, 2.05) is 72.3 Å². The van der Waals surface area contributed by atoms with E-state index in [4.69, 9.17) is 4.98 Å². The minimum absolute atomic E-state index is 0.0391. The van der Waals surface area contributed by atoms with E-state index in [9.17, 15) is 9.18 Å². The summed E-state index contributed by atoms with van der Waals surface area (Å²) in [6, 6.07) is 24.3. The van der Waals surface area contributed by atoms with Crippen molar-refractivity contribution in [3.63, 3.8) is 0 Å². The van der Waals surface area contributed by atoms with E-state index in [2.05, 4.69) is 10.6 Å². The van der Waals surface area contributed by atoms with E-state index in [-0.39, 0.29) is 18.3 Å². The van der Waals surface area contributed by atoms with E-state index in [0.717, 1.165) is 28.5 Å². The van der Waals surface area contributed by atoms with Crippen LogP contribution in [0.4, 0.5) is 15.9 Å². The molecule has 176 valence electrons. The van der Waals surface area contributed by atoms with Gasteiger partial charge in [-0.05, 0) is 48.9 Å². The standard InChI is InChI=1S/C28H26FN5O/c1-20-7-13-24(14-8-20)31-28-27(22-9-11-23(29)12-10-22)32-25-19-33(15-16-34(25)28)26(35)18-30-17-21-5-3-2-4-6-21/h2-16,30-31H,17-19H2,1H3. The molecule has 0 saturated carbocycles. The third-order valence-electron chi connectivity index (χ3n) is 5.89. The molecule has 2 N–H and O–H groups in total. The van der Waals surface area contributed by atoms with Crippen LogP contribution < -0.4 is 10.6 Å². The number of aromatic nitrogens is 2. The number of hydrogen-bond acceptors (Lipinski definition) is 4. The fourth-order valence-corrected chi connectivity index (χ4v) is 3.99. The number of nitrogens with one attached hydrogen (secondary N) is 2. The molecule has 0 unspecified atom stereocenters. The lowest BCUT2D eigenvalue weighted by Gasteiger charge is -2.23. The minimum Gasteiger partial charge on any atom is -0.339 e. The second-order valence-corrected chi connectivity index (χ2v) is 8.50. The lowest BCUT2D eigenvalue weighted by atomic mass is 10.1. The number of rotatable bonds is 7. The molecule has 4 aromatic rings. The summed E-state index contributed by atoms with van der Waals surface area (Å²) in [6.45, 7) is 3.22. The van der Waals surface area contributed by atoms with Crippen molar-refractivity contribution in [3.8, 4) is 11.3 Å². The predicted molar refractivity (Wildman–Crippen MR) is 136 cm³/mol. The van der Waals surface area contributed by atoms with Crippen molar-refractivity contribution in [2.75, 3.05) is 11.9 Å². The molecule has 0 saturated heterocycles. The number of fused-ring (bicyclic) bond motifs is 1. The molecule has 5 rings (SSSR count). The van der Waals surface area contributed by atoms with Crippen LogP contribution in [-0.4, -0.2) is 26.9 Å². The van der Waals surface area contributed by atoms with Crippen molar-refractivity contribution in [2.24, 2.45) is 0 Å². The number of carbonyl (C=O) groups excluding carboxylic acids is 1. The molecule has 35 heavy (non-hydrogen) atoms. The molecule has 7 heteroatoms. The summed E-state index contributed by atoms with van der Waals surface area (Å²) in [5.74, 6) is 1.15. The van der Waals surface area contributed by atoms with Gasteiger partial charge in [-0.15, -0.1) is 0 Å². The Bertz CT molecular complexity index is 1340. The highest BCUT2D eigenvalue weighted by atomic mass is 19.1. The van der Waals surface area contributed by atoms with Crippen LogP contribution in [0.5, 0.6) is 0 Å². The minimum atomic E-state index is -0.301. The van der Waals surface area contributed by atoms with Gasteiger partial charge in [0.1, 0.15) is 23.2 Å². The smallest absolute Gasteiger partial charge is 0.240 e. The predicted octanol–water partition coefficient (Wildman–Crippen LogP) is 5.30. The summed E-state index contributed by atoms with van der Waals surface area (Å²) in [7, 11) is 0. The summed E-state index contributed by atoms with van der Waals surface area (Å²) in [5.41, 5.74) is 4.69. The Morgan fingerprint density at radius 2 is 1.71 bits per heavy atom. The summed E-state index contributed by atoms with van der Waals surface area (Å²) < 4.78 is 15.5. The second kappa shape index (κ2) is 9.95. The summed E-state index contributed by atoms with van der Waals surface area (Å²) in [6.07, 6.45) is 3.61. The van der Waals surface area contributed by atoms with Crippen LogP contribution in [0.3, 0.4) is 0 Å². The Hall–Kier alpha value is -4.23. The summed E-state index contributed by atoms with van der Waals surface area (Å²) in [4.78, 5) is 19.3. The third-order valence-corrected chi connectivity index (χ3v) is 5.89. The molecule has 3 aromatic carbocycles. The van der Waals surface area contributed by atoms with Gasteiger partial charge < -0.3 is 15.5 Å². The normalized spacial score (nSPS) is 12.5. The molecular formula is C28H26FN5O. The highest BCUT2D eigenvalue weighted by Crippen LogP contribution is 2.33. The van der Waals surface area contributed by atoms with Crippen LogP contribution >= 0.6 is 0 Å². The van der Waals surface area contributed by atoms with Gasteiger partial charge in [-0.1, -0.05) is 48.0 Å². The Kier molecular flexibility index (Phi) is 6.41. The molecule has 6 nitrogen and oxygen atoms in total. The van der Waals surface area contributed by atoms with Gasteiger partial charge in [-0.3, -0.25) is 9.36 Å². The Labute approximate surface area is 203 Å². The number of anilines is 2. The number of hydrogen-bond donors (Lipinski definition) is 2. The van der Waals surface area contributed by atoms with Gasteiger partial charge in [0.2, 0.25) is 5.91 Å². The highest BCUT2D eigenvalue weighted by molar-refractivity contribution is 5.82. The number of amides is 1. The zero-order valence-electron chi connectivity index (χ0n) is 19.4. The van der Waals surface area contributed by atoms with E-state index < -0.39 is 0 Å². The van der Waals surface area contributed by atoms with Crippen LogP contribution in [0.1, 0.15) is 17.0 Å². The van der Waals surface area contributed by atoms with Crippen LogP contribution in [0.25, 0.3) is 17.5 Å². The van der Waals surface area contributed by atoms with Crippen molar-refractivity contribution in [1.29, 1.82) is 0 Å². The van der Waals surface area contributed by atoms with Gasteiger partial charge >= 0.3 is 0 Å². The number of nitrogens with zero attached hydrogens (tertiary/aromatic N) is 3. The Balaban J connectivity index is 1.37. The van der Waals surface area contributed by atoms with E-state index >= 15 is 0 Å². The Morgan fingerprint density at radius 3 is 2.46 bits per heavy atom. The summed E-state index contributed by atoms with van der Waals surface area (Å²) in [5, 5.41) is 6.66. The van der Waals surface area contributed by atoms with Crippen LogP contribution in [-0.2, 0) is 17.9 Å². The van der Waals surface area contributed by atoms with E-state index in [0.29, 0.717) is 18.8 Å². The van der Waals surface area contributed by atoms with Crippen LogP contribution in [0.15, 0.2) is 85.1 Å². The maximum atomic E-state index is 13.6. The fraction of sp³-hybridized carbons (Fsp3) is 0.143. The third kappa shape index (κ3) is 5.15. The maximum Gasteiger partial charge on any atom is 0.240 e. The first-order chi connectivity index (χ1) is 17.1. The number of carbonyl (C=O) groups is 1. The molecule has 0 bridgehead atoms. The largest absolute Gasteiger partial charge is 0.339 e.